The Morgan fingerprint density at radius 1 is 1.03 bits per heavy atom. The normalized spacial score (nSPS) is 18.4. The van der Waals surface area contributed by atoms with Crippen LogP contribution in [0.5, 0.6) is 17.2 Å². The zero-order valence-corrected chi connectivity index (χ0v) is 21.8. The summed E-state index contributed by atoms with van der Waals surface area (Å²) in [6.45, 7) is 5.10. The first-order chi connectivity index (χ1) is 18.3. The molecule has 2 heterocycles. The molecule has 196 valence electrons. The van der Waals surface area contributed by atoms with Crippen LogP contribution in [0.4, 0.5) is 11.4 Å². The zero-order chi connectivity index (χ0) is 27.0. The van der Waals surface area contributed by atoms with Gasteiger partial charge in [0, 0.05) is 24.4 Å². The molecule has 0 radical (unpaired) electrons. The van der Waals surface area contributed by atoms with Crippen LogP contribution >= 0.6 is 0 Å². The van der Waals surface area contributed by atoms with Gasteiger partial charge in [0.05, 0.1) is 37.1 Å². The number of ketones is 1. The van der Waals surface area contributed by atoms with Crippen molar-refractivity contribution in [2.24, 2.45) is 0 Å². The van der Waals surface area contributed by atoms with Crippen molar-refractivity contribution < 1.29 is 28.9 Å². The van der Waals surface area contributed by atoms with Gasteiger partial charge in [-0.15, -0.1) is 0 Å². The number of benzene rings is 3. The van der Waals surface area contributed by atoms with Gasteiger partial charge < -0.3 is 24.2 Å². The van der Waals surface area contributed by atoms with Crippen molar-refractivity contribution in [3.8, 4) is 17.2 Å². The van der Waals surface area contributed by atoms with E-state index in [2.05, 4.69) is 0 Å². The highest BCUT2D eigenvalue weighted by Gasteiger charge is 2.47. The number of fused-ring (bicyclic) bond motifs is 1. The van der Waals surface area contributed by atoms with Crippen LogP contribution in [0.25, 0.3) is 5.76 Å². The summed E-state index contributed by atoms with van der Waals surface area (Å²) in [4.78, 5) is 30.5. The van der Waals surface area contributed by atoms with Crippen LogP contribution in [0.15, 0.2) is 72.3 Å². The fourth-order valence-electron chi connectivity index (χ4n) is 4.86. The molecule has 38 heavy (non-hydrogen) atoms. The molecule has 3 aromatic rings. The number of carbonyl (C=O) groups excluding carboxylic acids is 2. The SMILES string of the molecule is COc1cccc(N2C(=O)C(=O)/C(=C(\O)c3ccc4c(c3)N(C)CCO4)C2c2cccc(OC(C)C)c2)c1. The lowest BCUT2D eigenvalue weighted by molar-refractivity contribution is -0.132. The van der Waals surface area contributed by atoms with Gasteiger partial charge in [0.25, 0.3) is 11.7 Å². The standard InChI is InChI=1S/C30H30N2O6/c1-18(2)38-23-10-5-7-19(15-23)27-26(28(33)20-11-12-25-24(16-20)31(3)13-14-37-25)29(34)30(35)32(27)21-8-6-9-22(17-21)36-4/h5-12,15-18,27,33H,13-14H2,1-4H3/b28-26-. The number of Topliss-reactive ketones (excluding diaryl/α,β-unsaturated/α-hetero) is 1. The number of anilines is 2. The number of rotatable bonds is 6. The van der Waals surface area contributed by atoms with Gasteiger partial charge in [0.15, 0.2) is 0 Å². The molecular formula is C30H30N2O6. The Labute approximate surface area is 221 Å². The number of amides is 1. The summed E-state index contributed by atoms with van der Waals surface area (Å²) in [6.07, 6.45) is -0.0651. The molecule has 0 aliphatic carbocycles. The van der Waals surface area contributed by atoms with Crippen molar-refractivity contribution in [2.45, 2.75) is 26.0 Å². The first kappa shape index (κ1) is 25.2. The van der Waals surface area contributed by atoms with E-state index in [4.69, 9.17) is 14.2 Å². The van der Waals surface area contributed by atoms with Gasteiger partial charge in [-0.1, -0.05) is 18.2 Å². The fourth-order valence-corrected chi connectivity index (χ4v) is 4.86. The molecule has 2 aliphatic heterocycles. The molecule has 2 aliphatic rings. The van der Waals surface area contributed by atoms with Gasteiger partial charge in [-0.3, -0.25) is 14.5 Å². The summed E-state index contributed by atoms with van der Waals surface area (Å²) in [5.74, 6) is 0.0724. The molecule has 5 rings (SSSR count). The van der Waals surface area contributed by atoms with E-state index in [0.29, 0.717) is 47.2 Å². The molecule has 1 fully saturated rings. The molecule has 1 amide bonds. The average Bonchev–Trinajstić information content (AvgIpc) is 3.18. The van der Waals surface area contributed by atoms with Crippen molar-refractivity contribution in [1.29, 1.82) is 0 Å². The van der Waals surface area contributed by atoms with E-state index in [1.54, 1.807) is 48.5 Å². The third-order valence-electron chi connectivity index (χ3n) is 6.65. The van der Waals surface area contributed by atoms with Crippen LogP contribution in [0.3, 0.4) is 0 Å². The second-order valence-corrected chi connectivity index (χ2v) is 9.56. The molecule has 0 spiro atoms. The number of nitrogens with zero attached hydrogens (tertiary/aromatic N) is 2. The zero-order valence-electron chi connectivity index (χ0n) is 21.8. The molecule has 8 heteroatoms. The van der Waals surface area contributed by atoms with E-state index in [1.165, 1.54) is 12.0 Å². The predicted molar refractivity (Wildman–Crippen MR) is 145 cm³/mol. The van der Waals surface area contributed by atoms with E-state index in [1.807, 2.05) is 44.0 Å². The lowest BCUT2D eigenvalue weighted by atomic mass is 9.94. The maximum atomic E-state index is 13.6. The van der Waals surface area contributed by atoms with Crippen LogP contribution in [0, 0.1) is 0 Å². The molecule has 1 N–H and O–H groups in total. The molecule has 3 aromatic carbocycles. The summed E-state index contributed by atoms with van der Waals surface area (Å²) < 4.78 is 17.0. The van der Waals surface area contributed by atoms with Gasteiger partial charge in [-0.25, -0.2) is 0 Å². The highest BCUT2D eigenvalue weighted by Crippen LogP contribution is 2.44. The summed E-state index contributed by atoms with van der Waals surface area (Å²) in [5.41, 5.74) is 2.32. The monoisotopic (exact) mass is 514 g/mol. The van der Waals surface area contributed by atoms with Gasteiger partial charge in [0.1, 0.15) is 29.6 Å². The minimum atomic E-state index is -0.886. The number of hydrogen-bond donors (Lipinski definition) is 1. The number of methoxy groups -OCH3 is 1. The quantitative estimate of drug-likeness (QED) is 0.283. The van der Waals surface area contributed by atoms with E-state index in [9.17, 15) is 14.7 Å². The van der Waals surface area contributed by atoms with Gasteiger partial charge in [-0.2, -0.15) is 0 Å². The Hall–Kier alpha value is -4.46. The predicted octanol–water partition coefficient (Wildman–Crippen LogP) is 4.94. The third-order valence-corrected chi connectivity index (χ3v) is 6.65. The third kappa shape index (κ3) is 4.53. The van der Waals surface area contributed by atoms with E-state index < -0.39 is 17.7 Å². The fraction of sp³-hybridized carbons (Fsp3) is 0.267. The first-order valence-corrected chi connectivity index (χ1v) is 12.5. The van der Waals surface area contributed by atoms with Crippen molar-refractivity contribution in [3.63, 3.8) is 0 Å². The number of aliphatic hydroxyl groups is 1. The number of hydrogen-bond acceptors (Lipinski definition) is 7. The Bertz CT molecular complexity index is 1430. The topological polar surface area (TPSA) is 88.5 Å². The highest BCUT2D eigenvalue weighted by atomic mass is 16.5. The maximum absolute atomic E-state index is 13.6. The van der Waals surface area contributed by atoms with E-state index in [-0.39, 0.29) is 17.4 Å². The molecule has 0 bridgehead atoms. The van der Waals surface area contributed by atoms with Crippen molar-refractivity contribution in [1.82, 2.24) is 0 Å². The molecule has 1 unspecified atom stereocenters. The number of likely N-dealkylation sites (N-methyl/N-ethyl adjacent to an activating group) is 1. The Morgan fingerprint density at radius 3 is 2.55 bits per heavy atom. The minimum Gasteiger partial charge on any atom is -0.507 e. The van der Waals surface area contributed by atoms with Crippen molar-refractivity contribution in [2.75, 3.05) is 37.1 Å². The second kappa shape index (κ2) is 10.1. The number of carbonyl (C=O) groups is 2. The highest BCUT2D eigenvalue weighted by molar-refractivity contribution is 6.51. The smallest absolute Gasteiger partial charge is 0.300 e. The van der Waals surface area contributed by atoms with E-state index in [0.717, 1.165) is 5.69 Å². The average molecular weight is 515 g/mol. The Kier molecular flexibility index (Phi) is 6.72. The summed E-state index contributed by atoms with van der Waals surface area (Å²) in [5, 5.41) is 11.6. The molecule has 1 saturated heterocycles. The number of aliphatic hydroxyl groups excluding tert-OH is 1. The van der Waals surface area contributed by atoms with Gasteiger partial charge in [0.2, 0.25) is 0 Å². The van der Waals surface area contributed by atoms with Crippen LogP contribution in [0.1, 0.15) is 31.0 Å². The largest absolute Gasteiger partial charge is 0.507 e. The molecule has 8 nitrogen and oxygen atoms in total. The summed E-state index contributed by atoms with van der Waals surface area (Å²) in [7, 11) is 3.47. The van der Waals surface area contributed by atoms with Crippen LogP contribution < -0.4 is 24.0 Å². The lowest BCUT2D eigenvalue weighted by Gasteiger charge is -2.28. The van der Waals surface area contributed by atoms with Crippen LogP contribution in [-0.4, -0.2) is 50.2 Å². The van der Waals surface area contributed by atoms with Crippen molar-refractivity contribution >= 4 is 28.8 Å². The molecule has 1 atom stereocenters. The van der Waals surface area contributed by atoms with Crippen molar-refractivity contribution in [3.05, 3.63) is 83.4 Å². The lowest BCUT2D eigenvalue weighted by Crippen LogP contribution is -2.29. The second-order valence-electron chi connectivity index (χ2n) is 9.56. The molecule has 0 aromatic heterocycles. The molecular weight excluding hydrogens is 484 g/mol. The van der Waals surface area contributed by atoms with Gasteiger partial charge in [-0.05, 0) is 61.9 Å². The summed E-state index contributed by atoms with van der Waals surface area (Å²) in [6, 6.07) is 18.5. The minimum absolute atomic E-state index is 0.00107. The first-order valence-electron chi connectivity index (χ1n) is 12.5. The Balaban J connectivity index is 1.70. The Morgan fingerprint density at radius 2 is 1.79 bits per heavy atom. The number of ether oxygens (including phenoxy) is 3. The van der Waals surface area contributed by atoms with Gasteiger partial charge >= 0.3 is 0 Å². The van der Waals surface area contributed by atoms with E-state index >= 15 is 0 Å². The summed E-state index contributed by atoms with van der Waals surface area (Å²) >= 11 is 0. The van der Waals surface area contributed by atoms with Crippen LogP contribution in [-0.2, 0) is 9.59 Å². The molecule has 0 saturated carbocycles. The van der Waals surface area contributed by atoms with Crippen LogP contribution in [0.2, 0.25) is 0 Å². The maximum Gasteiger partial charge on any atom is 0.300 e.